The van der Waals surface area contributed by atoms with Crippen molar-refractivity contribution in [2.45, 2.75) is 38.8 Å². The van der Waals surface area contributed by atoms with E-state index in [0.717, 1.165) is 6.26 Å². The van der Waals surface area contributed by atoms with Gasteiger partial charge in [-0.1, -0.05) is 42.5 Å². The van der Waals surface area contributed by atoms with Crippen LogP contribution in [0.2, 0.25) is 0 Å². The van der Waals surface area contributed by atoms with Crippen molar-refractivity contribution in [1.29, 1.82) is 0 Å². The van der Waals surface area contributed by atoms with Gasteiger partial charge in [-0.15, -0.1) is 0 Å². The molecular weight excluding hydrogens is 446 g/mol. The smallest absolute Gasteiger partial charge is 0.408 e. The first-order valence-corrected chi connectivity index (χ1v) is 12.1. The van der Waals surface area contributed by atoms with Gasteiger partial charge in [0.15, 0.2) is 9.84 Å². The van der Waals surface area contributed by atoms with Gasteiger partial charge in [0.2, 0.25) is 0 Å². The lowest BCUT2D eigenvalue weighted by molar-refractivity contribution is -0.139. The first kappa shape index (κ1) is 25.9. The molecule has 0 fully saturated rings. The van der Waals surface area contributed by atoms with Crippen LogP contribution in [0.3, 0.4) is 0 Å². The van der Waals surface area contributed by atoms with E-state index in [0.29, 0.717) is 16.9 Å². The van der Waals surface area contributed by atoms with Crippen LogP contribution in [0.1, 0.15) is 31.9 Å². The summed E-state index contributed by atoms with van der Waals surface area (Å²) >= 11 is 0. The van der Waals surface area contributed by atoms with E-state index in [1.807, 2.05) is 20.8 Å². The zero-order chi connectivity index (χ0) is 24.6. The van der Waals surface area contributed by atoms with Gasteiger partial charge in [0, 0.05) is 12.7 Å². The number of ether oxygens (including phenoxy) is 2. The van der Waals surface area contributed by atoms with E-state index in [1.54, 1.807) is 54.6 Å². The number of hydrogen-bond acceptors (Lipinski definition) is 6. The van der Waals surface area contributed by atoms with E-state index in [2.05, 4.69) is 5.32 Å². The third kappa shape index (κ3) is 9.36. The standard InChI is InChI=1S/C24H29NO7S/c1-24(2,3)32-19-12-10-18(11-13-19)15-21(22(26)27)25-23(28)31-16-20(33(4,29)30)14-17-8-6-5-7-9-17/h5-14,21H,15-16H2,1-4H3,(H,25,28)(H,26,27)/b20-14+. The summed E-state index contributed by atoms with van der Waals surface area (Å²) in [4.78, 5) is 23.7. The lowest BCUT2D eigenvalue weighted by atomic mass is 10.1. The second-order valence-corrected chi connectivity index (χ2v) is 10.5. The topological polar surface area (TPSA) is 119 Å². The average molecular weight is 476 g/mol. The van der Waals surface area contributed by atoms with Crippen molar-refractivity contribution in [3.05, 3.63) is 70.6 Å². The number of carbonyl (C=O) groups is 2. The van der Waals surface area contributed by atoms with Crippen molar-refractivity contribution in [3.8, 4) is 5.75 Å². The highest BCUT2D eigenvalue weighted by Gasteiger charge is 2.22. The molecule has 0 heterocycles. The van der Waals surface area contributed by atoms with Gasteiger partial charge in [-0.25, -0.2) is 18.0 Å². The highest BCUT2D eigenvalue weighted by molar-refractivity contribution is 7.94. The fraction of sp³-hybridized carbons (Fsp3) is 0.333. The number of carbonyl (C=O) groups excluding carboxylic acids is 1. The number of aliphatic carboxylic acids is 1. The number of carboxylic acids is 1. The van der Waals surface area contributed by atoms with Crippen molar-refractivity contribution in [1.82, 2.24) is 5.32 Å². The predicted octanol–water partition coefficient (Wildman–Crippen LogP) is 3.67. The molecule has 1 amide bonds. The Labute approximate surface area is 194 Å². The number of benzene rings is 2. The fourth-order valence-corrected chi connectivity index (χ4v) is 3.42. The third-order valence-electron chi connectivity index (χ3n) is 4.33. The van der Waals surface area contributed by atoms with Gasteiger partial charge < -0.3 is 19.9 Å². The van der Waals surface area contributed by atoms with E-state index in [-0.39, 0.29) is 16.9 Å². The molecule has 1 atom stereocenters. The summed E-state index contributed by atoms with van der Waals surface area (Å²) in [5, 5.41) is 11.8. The maximum absolute atomic E-state index is 12.2. The molecule has 0 aliphatic heterocycles. The van der Waals surface area contributed by atoms with Crippen LogP contribution in [-0.4, -0.2) is 50.1 Å². The van der Waals surface area contributed by atoms with Crippen LogP contribution in [0.15, 0.2) is 59.5 Å². The molecule has 8 nitrogen and oxygen atoms in total. The van der Waals surface area contributed by atoms with Crippen LogP contribution in [-0.2, 0) is 25.8 Å². The summed E-state index contributed by atoms with van der Waals surface area (Å²) in [6.45, 7) is 5.23. The molecule has 0 saturated heterocycles. The first-order chi connectivity index (χ1) is 15.3. The molecule has 0 saturated carbocycles. The molecule has 0 aromatic heterocycles. The fourth-order valence-electron chi connectivity index (χ4n) is 2.79. The van der Waals surface area contributed by atoms with Gasteiger partial charge in [0.25, 0.3) is 0 Å². The van der Waals surface area contributed by atoms with Crippen LogP contribution in [0.4, 0.5) is 4.79 Å². The van der Waals surface area contributed by atoms with E-state index in [4.69, 9.17) is 9.47 Å². The maximum atomic E-state index is 12.2. The van der Waals surface area contributed by atoms with Gasteiger partial charge in [-0.05, 0) is 50.1 Å². The summed E-state index contributed by atoms with van der Waals surface area (Å²) in [7, 11) is -3.64. The number of nitrogens with one attached hydrogen (secondary N) is 1. The summed E-state index contributed by atoms with van der Waals surface area (Å²) in [6.07, 6.45) is 1.39. The molecule has 0 spiro atoms. The van der Waals surface area contributed by atoms with Crippen LogP contribution >= 0.6 is 0 Å². The normalized spacial score (nSPS) is 13.2. The molecule has 178 valence electrons. The summed E-state index contributed by atoms with van der Waals surface area (Å²) < 4.78 is 34.9. The Hall–Kier alpha value is -3.33. The number of rotatable bonds is 9. The lowest BCUT2D eigenvalue weighted by Crippen LogP contribution is -2.42. The van der Waals surface area contributed by atoms with Gasteiger partial charge in [-0.2, -0.15) is 0 Å². The highest BCUT2D eigenvalue weighted by atomic mass is 32.2. The summed E-state index contributed by atoms with van der Waals surface area (Å²) in [6, 6.07) is 14.3. The molecule has 0 aliphatic rings. The van der Waals surface area contributed by atoms with Crippen LogP contribution in [0, 0.1) is 0 Å². The molecule has 2 aromatic rings. The Morgan fingerprint density at radius 2 is 1.67 bits per heavy atom. The van der Waals surface area contributed by atoms with E-state index >= 15 is 0 Å². The zero-order valence-corrected chi connectivity index (χ0v) is 19.9. The largest absolute Gasteiger partial charge is 0.488 e. The Kier molecular flexibility index (Phi) is 8.64. The van der Waals surface area contributed by atoms with Crippen molar-refractivity contribution in [3.63, 3.8) is 0 Å². The molecule has 0 radical (unpaired) electrons. The SMILES string of the molecule is CC(C)(C)Oc1ccc(CC(NC(=O)OC/C(=C\c2ccccc2)S(C)(=O)=O)C(=O)O)cc1. The third-order valence-corrected chi connectivity index (χ3v) is 5.51. The van der Waals surface area contributed by atoms with Crippen LogP contribution in [0.25, 0.3) is 6.08 Å². The highest BCUT2D eigenvalue weighted by Crippen LogP contribution is 2.19. The van der Waals surface area contributed by atoms with Crippen molar-refractivity contribution in [2.24, 2.45) is 0 Å². The number of alkyl carbamates (subject to hydrolysis) is 1. The zero-order valence-electron chi connectivity index (χ0n) is 19.1. The van der Waals surface area contributed by atoms with Crippen molar-refractivity contribution < 1.29 is 32.6 Å². The molecule has 2 rings (SSSR count). The Morgan fingerprint density at radius 3 is 2.18 bits per heavy atom. The molecular formula is C24H29NO7S. The van der Waals surface area contributed by atoms with Crippen molar-refractivity contribution in [2.75, 3.05) is 12.9 Å². The minimum absolute atomic E-state index is 0.0129. The lowest BCUT2D eigenvalue weighted by Gasteiger charge is -2.21. The van der Waals surface area contributed by atoms with E-state index in [9.17, 15) is 23.1 Å². The van der Waals surface area contributed by atoms with Gasteiger partial charge in [0.05, 0.1) is 4.91 Å². The Balaban J connectivity index is 2.02. The second-order valence-electron chi connectivity index (χ2n) is 8.47. The number of carboxylic acid groups (broad SMARTS) is 1. The van der Waals surface area contributed by atoms with Gasteiger partial charge >= 0.3 is 12.1 Å². The number of sulfone groups is 1. The van der Waals surface area contributed by atoms with E-state index < -0.39 is 34.5 Å². The van der Waals surface area contributed by atoms with E-state index in [1.165, 1.54) is 6.08 Å². The first-order valence-electron chi connectivity index (χ1n) is 10.2. The molecule has 2 N–H and O–H groups in total. The molecule has 9 heteroatoms. The monoisotopic (exact) mass is 475 g/mol. The predicted molar refractivity (Wildman–Crippen MR) is 126 cm³/mol. The molecule has 2 aromatic carbocycles. The van der Waals surface area contributed by atoms with Crippen molar-refractivity contribution >= 4 is 28.0 Å². The molecule has 1 unspecified atom stereocenters. The van der Waals surface area contributed by atoms with Gasteiger partial charge in [-0.3, -0.25) is 0 Å². The number of amides is 1. The minimum atomic E-state index is -3.64. The molecule has 0 bridgehead atoms. The van der Waals surface area contributed by atoms with Gasteiger partial charge in [0.1, 0.15) is 24.0 Å². The molecule has 33 heavy (non-hydrogen) atoms. The Morgan fingerprint density at radius 1 is 1.06 bits per heavy atom. The quantitative estimate of drug-likeness (QED) is 0.568. The average Bonchev–Trinajstić information content (AvgIpc) is 2.70. The van der Waals surface area contributed by atoms with Crippen LogP contribution < -0.4 is 10.1 Å². The minimum Gasteiger partial charge on any atom is -0.488 e. The Bertz CT molecular complexity index is 1090. The maximum Gasteiger partial charge on any atom is 0.408 e. The second kappa shape index (κ2) is 11.0. The van der Waals surface area contributed by atoms with Crippen LogP contribution in [0.5, 0.6) is 5.75 Å². The summed E-state index contributed by atoms with van der Waals surface area (Å²) in [5.41, 5.74) is 0.935. The summed E-state index contributed by atoms with van der Waals surface area (Å²) in [5.74, 6) is -0.603. The number of hydrogen-bond donors (Lipinski definition) is 2. The molecule has 0 aliphatic carbocycles.